The zero-order valence-corrected chi connectivity index (χ0v) is 13.3. The van der Waals surface area contributed by atoms with Crippen molar-refractivity contribution < 1.29 is 9.90 Å². The number of thiophene rings is 1. The van der Waals surface area contributed by atoms with E-state index in [2.05, 4.69) is 32.0 Å². The number of aromatic carboxylic acids is 1. The van der Waals surface area contributed by atoms with E-state index in [1.807, 2.05) is 30.3 Å². The summed E-state index contributed by atoms with van der Waals surface area (Å²) in [6, 6.07) is 18.0. The van der Waals surface area contributed by atoms with Crippen LogP contribution in [0.4, 0.5) is 0 Å². The van der Waals surface area contributed by atoms with E-state index in [9.17, 15) is 9.90 Å². The summed E-state index contributed by atoms with van der Waals surface area (Å²) in [6.45, 7) is 4.10. The SMILES string of the molecule is Cc1ccccc1-c1cc(C(=O)O)sc1-c1ccccc1C. The van der Waals surface area contributed by atoms with Gasteiger partial charge in [0.25, 0.3) is 0 Å². The normalized spacial score (nSPS) is 10.6. The molecule has 0 aliphatic carbocycles. The van der Waals surface area contributed by atoms with Crippen molar-refractivity contribution >= 4 is 17.3 Å². The Morgan fingerprint density at radius 3 is 1.95 bits per heavy atom. The predicted molar refractivity (Wildman–Crippen MR) is 91.6 cm³/mol. The molecule has 0 aliphatic rings. The molecule has 0 saturated carbocycles. The Kier molecular flexibility index (Phi) is 3.82. The number of carbonyl (C=O) groups is 1. The summed E-state index contributed by atoms with van der Waals surface area (Å²) in [7, 11) is 0. The largest absolute Gasteiger partial charge is 0.477 e. The Hall–Kier alpha value is -2.39. The predicted octanol–water partition coefficient (Wildman–Crippen LogP) is 5.40. The second-order valence-electron chi connectivity index (χ2n) is 5.29. The molecule has 0 unspecified atom stereocenters. The molecule has 0 bridgehead atoms. The minimum Gasteiger partial charge on any atom is -0.477 e. The van der Waals surface area contributed by atoms with Crippen LogP contribution in [-0.4, -0.2) is 11.1 Å². The Morgan fingerprint density at radius 2 is 1.41 bits per heavy atom. The first-order valence-electron chi connectivity index (χ1n) is 7.07. The van der Waals surface area contributed by atoms with Gasteiger partial charge in [0.05, 0.1) is 0 Å². The van der Waals surface area contributed by atoms with Crippen LogP contribution in [0.2, 0.25) is 0 Å². The van der Waals surface area contributed by atoms with Crippen molar-refractivity contribution in [2.24, 2.45) is 0 Å². The second kappa shape index (κ2) is 5.78. The van der Waals surface area contributed by atoms with E-state index in [0.717, 1.165) is 32.7 Å². The summed E-state index contributed by atoms with van der Waals surface area (Å²) in [6.07, 6.45) is 0. The molecule has 1 aromatic heterocycles. The number of carboxylic acid groups (broad SMARTS) is 1. The molecule has 0 spiro atoms. The molecular formula is C19H16O2S. The fraction of sp³-hybridized carbons (Fsp3) is 0.105. The minimum absolute atomic E-state index is 0.372. The van der Waals surface area contributed by atoms with Crippen LogP contribution >= 0.6 is 11.3 Å². The third-order valence-electron chi connectivity index (χ3n) is 3.77. The molecule has 3 rings (SSSR count). The maximum atomic E-state index is 11.4. The lowest BCUT2D eigenvalue weighted by Crippen LogP contribution is -1.90. The summed E-state index contributed by atoms with van der Waals surface area (Å²) < 4.78 is 0. The van der Waals surface area contributed by atoms with Crippen molar-refractivity contribution in [3.63, 3.8) is 0 Å². The van der Waals surface area contributed by atoms with Crippen LogP contribution in [0.15, 0.2) is 54.6 Å². The molecule has 0 atom stereocenters. The van der Waals surface area contributed by atoms with Gasteiger partial charge in [-0.25, -0.2) is 4.79 Å². The van der Waals surface area contributed by atoms with Crippen molar-refractivity contribution in [2.75, 3.05) is 0 Å². The minimum atomic E-state index is -0.875. The molecule has 2 nitrogen and oxygen atoms in total. The molecule has 3 aromatic rings. The van der Waals surface area contributed by atoms with Gasteiger partial charge in [-0.3, -0.25) is 0 Å². The fourth-order valence-electron chi connectivity index (χ4n) is 2.60. The maximum Gasteiger partial charge on any atom is 0.345 e. The molecular weight excluding hydrogens is 292 g/mol. The van der Waals surface area contributed by atoms with Crippen LogP contribution in [0.1, 0.15) is 20.8 Å². The lowest BCUT2D eigenvalue weighted by atomic mass is 9.97. The van der Waals surface area contributed by atoms with Crippen molar-refractivity contribution in [1.29, 1.82) is 0 Å². The lowest BCUT2D eigenvalue weighted by molar-refractivity contribution is 0.0702. The van der Waals surface area contributed by atoms with Gasteiger partial charge in [-0.15, -0.1) is 11.3 Å². The highest BCUT2D eigenvalue weighted by Gasteiger charge is 2.18. The Bertz CT molecular complexity index is 783. The van der Waals surface area contributed by atoms with Gasteiger partial charge in [0.1, 0.15) is 4.88 Å². The highest BCUT2D eigenvalue weighted by Crippen LogP contribution is 2.41. The molecule has 2 aromatic carbocycles. The van der Waals surface area contributed by atoms with Crippen LogP contribution in [0.3, 0.4) is 0 Å². The molecule has 3 heteroatoms. The van der Waals surface area contributed by atoms with E-state index < -0.39 is 5.97 Å². The number of rotatable bonds is 3. The van der Waals surface area contributed by atoms with E-state index in [4.69, 9.17) is 0 Å². The lowest BCUT2D eigenvalue weighted by Gasteiger charge is -2.09. The quantitative estimate of drug-likeness (QED) is 0.703. The van der Waals surface area contributed by atoms with E-state index in [0.29, 0.717) is 4.88 Å². The fourth-order valence-corrected chi connectivity index (χ4v) is 3.70. The first kappa shape index (κ1) is 14.5. The summed E-state index contributed by atoms with van der Waals surface area (Å²) >= 11 is 1.34. The van der Waals surface area contributed by atoms with E-state index in [-0.39, 0.29) is 0 Å². The van der Waals surface area contributed by atoms with Crippen LogP contribution < -0.4 is 0 Å². The molecule has 1 N–H and O–H groups in total. The summed E-state index contributed by atoms with van der Waals surface area (Å²) in [5.41, 5.74) is 5.47. The highest BCUT2D eigenvalue weighted by atomic mass is 32.1. The van der Waals surface area contributed by atoms with Gasteiger partial charge in [0.2, 0.25) is 0 Å². The van der Waals surface area contributed by atoms with E-state index >= 15 is 0 Å². The Balaban J connectivity index is 2.28. The van der Waals surface area contributed by atoms with Crippen LogP contribution in [-0.2, 0) is 0 Å². The number of hydrogen-bond acceptors (Lipinski definition) is 2. The summed E-state index contributed by atoms with van der Waals surface area (Å²) in [4.78, 5) is 12.8. The highest BCUT2D eigenvalue weighted by molar-refractivity contribution is 7.18. The van der Waals surface area contributed by atoms with Crippen molar-refractivity contribution in [3.05, 3.63) is 70.6 Å². The maximum absolute atomic E-state index is 11.4. The van der Waals surface area contributed by atoms with E-state index in [1.54, 1.807) is 6.07 Å². The van der Waals surface area contributed by atoms with Crippen LogP contribution in [0, 0.1) is 13.8 Å². The summed E-state index contributed by atoms with van der Waals surface area (Å²) in [5.74, 6) is -0.875. The van der Waals surface area contributed by atoms with Gasteiger partial charge >= 0.3 is 5.97 Å². The average molecular weight is 308 g/mol. The Morgan fingerprint density at radius 1 is 0.864 bits per heavy atom. The molecule has 0 aliphatic heterocycles. The van der Waals surface area contributed by atoms with Crippen molar-refractivity contribution in [1.82, 2.24) is 0 Å². The molecule has 110 valence electrons. The molecule has 0 amide bonds. The topological polar surface area (TPSA) is 37.3 Å². The van der Waals surface area contributed by atoms with Crippen LogP contribution in [0.5, 0.6) is 0 Å². The number of aryl methyl sites for hydroxylation is 2. The standard InChI is InChI=1S/C19H16O2S/c1-12-7-3-5-9-14(12)16-11-17(19(20)21)22-18(16)15-10-6-4-8-13(15)2/h3-11H,1-2H3,(H,20,21). The van der Waals surface area contributed by atoms with Crippen molar-refractivity contribution in [2.45, 2.75) is 13.8 Å². The first-order chi connectivity index (χ1) is 10.6. The van der Waals surface area contributed by atoms with Gasteiger partial charge < -0.3 is 5.11 Å². The van der Waals surface area contributed by atoms with Crippen molar-refractivity contribution in [3.8, 4) is 21.6 Å². The van der Waals surface area contributed by atoms with Gasteiger partial charge in [-0.05, 0) is 42.2 Å². The molecule has 0 fully saturated rings. The van der Waals surface area contributed by atoms with E-state index in [1.165, 1.54) is 11.3 Å². The van der Waals surface area contributed by atoms with Gasteiger partial charge in [-0.2, -0.15) is 0 Å². The average Bonchev–Trinajstić information content (AvgIpc) is 2.93. The molecule has 0 radical (unpaired) electrons. The Labute approximate surface area is 133 Å². The smallest absolute Gasteiger partial charge is 0.345 e. The zero-order chi connectivity index (χ0) is 15.7. The number of carboxylic acids is 1. The van der Waals surface area contributed by atoms with Gasteiger partial charge in [-0.1, -0.05) is 48.5 Å². The monoisotopic (exact) mass is 308 g/mol. The molecule has 22 heavy (non-hydrogen) atoms. The molecule has 1 heterocycles. The first-order valence-corrected chi connectivity index (χ1v) is 7.88. The third-order valence-corrected chi connectivity index (χ3v) is 4.92. The summed E-state index contributed by atoms with van der Waals surface area (Å²) in [5, 5.41) is 9.37. The van der Waals surface area contributed by atoms with Crippen LogP contribution in [0.25, 0.3) is 21.6 Å². The van der Waals surface area contributed by atoms with Gasteiger partial charge in [0.15, 0.2) is 0 Å². The zero-order valence-electron chi connectivity index (χ0n) is 12.5. The van der Waals surface area contributed by atoms with Gasteiger partial charge in [0, 0.05) is 10.4 Å². The second-order valence-corrected chi connectivity index (χ2v) is 6.34. The number of benzene rings is 2. The number of hydrogen-bond donors (Lipinski definition) is 1. The third kappa shape index (κ3) is 2.55. The molecule has 0 saturated heterocycles.